The highest BCUT2D eigenvalue weighted by molar-refractivity contribution is 5.95. The number of para-hydroxylation sites is 1. The molecule has 0 atom stereocenters. The summed E-state index contributed by atoms with van der Waals surface area (Å²) in [6.45, 7) is 0.512. The number of nitro groups is 1. The summed E-state index contributed by atoms with van der Waals surface area (Å²) in [7, 11) is 1.35. The zero-order chi connectivity index (χ0) is 17.8. The Morgan fingerprint density at radius 2 is 2.08 bits per heavy atom. The standard InChI is InChI=1S/C18H18N2O5/c1-24-17-11-14(8-9-16(17)20(22)23)25-12-18(21)19-10-4-6-13-5-2-3-7-15(13)19/h2-3,5,7-9,11H,4,6,10,12H2,1H3. The lowest BCUT2D eigenvalue weighted by Gasteiger charge is -2.29. The van der Waals surface area contributed by atoms with Crippen molar-refractivity contribution in [1.29, 1.82) is 0 Å². The van der Waals surface area contributed by atoms with Gasteiger partial charge in [-0.2, -0.15) is 0 Å². The molecule has 1 aliphatic heterocycles. The lowest BCUT2D eigenvalue weighted by atomic mass is 10.0. The van der Waals surface area contributed by atoms with Crippen LogP contribution in [0.3, 0.4) is 0 Å². The van der Waals surface area contributed by atoms with Gasteiger partial charge in [-0.3, -0.25) is 14.9 Å². The zero-order valence-corrected chi connectivity index (χ0v) is 13.8. The van der Waals surface area contributed by atoms with E-state index >= 15 is 0 Å². The molecular formula is C18H18N2O5. The average Bonchev–Trinajstić information content (AvgIpc) is 2.65. The molecule has 0 N–H and O–H groups in total. The first-order chi connectivity index (χ1) is 12.1. The predicted octanol–water partition coefficient (Wildman–Crippen LogP) is 2.96. The van der Waals surface area contributed by atoms with E-state index in [0.717, 1.165) is 24.1 Å². The molecule has 0 bridgehead atoms. The number of aryl methyl sites for hydroxylation is 1. The third-order valence-corrected chi connectivity index (χ3v) is 4.12. The molecule has 0 saturated carbocycles. The van der Waals surface area contributed by atoms with Gasteiger partial charge in [-0.1, -0.05) is 18.2 Å². The molecular weight excluding hydrogens is 324 g/mol. The molecule has 7 heteroatoms. The monoisotopic (exact) mass is 342 g/mol. The lowest BCUT2D eigenvalue weighted by Crippen LogP contribution is -2.38. The first-order valence-corrected chi connectivity index (χ1v) is 7.93. The van der Waals surface area contributed by atoms with Crippen LogP contribution in [0.2, 0.25) is 0 Å². The number of ether oxygens (including phenoxy) is 2. The Kier molecular flexibility index (Phi) is 4.83. The van der Waals surface area contributed by atoms with Gasteiger partial charge in [-0.05, 0) is 30.5 Å². The Balaban J connectivity index is 1.70. The van der Waals surface area contributed by atoms with Crippen LogP contribution in [0.5, 0.6) is 11.5 Å². The molecule has 2 aromatic rings. The summed E-state index contributed by atoms with van der Waals surface area (Å²) in [6, 6.07) is 12.0. The van der Waals surface area contributed by atoms with Crippen molar-refractivity contribution < 1.29 is 19.2 Å². The van der Waals surface area contributed by atoms with Crippen LogP contribution >= 0.6 is 0 Å². The summed E-state index contributed by atoms with van der Waals surface area (Å²) in [5.41, 5.74) is 1.92. The third kappa shape index (κ3) is 3.55. The normalized spacial score (nSPS) is 13.1. The predicted molar refractivity (Wildman–Crippen MR) is 92.3 cm³/mol. The van der Waals surface area contributed by atoms with Crippen molar-refractivity contribution in [3.05, 3.63) is 58.1 Å². The fraction of sp³-hybridized carbons (Fsp3) is 0.278. The van der Waals surface area contributed by atoms with Crippen LogP contribution in [0, 0.1) is 10.1 Å². The molecule has 0 aliphatic carbocycles. The molecule has 1 aliphatic rings. The molecule has 0 spiro atoms. The lowest BCUT2D eigenvalue weighted by molar-refractivity contribution is -0.385. The zero-order valence-electron chi connectivity index (χ0n) is 13.8. The SMILES string of the molecule is COc1cc(OCC(=O)N2CCCc3ccccc32)ccc1[N+](=O)[O-]. The maximum Gasteiger partial charge on any atom is 0.311 e. The highest BCUT2D eigenvalue weighted by Gasteiger charge is 2.23. The number of hydrogen-bond acceptors (Lipinski definition) is 5. The number of benzene rings is 2. The molecule has 0 fully saturated rings. The quantitative estimate of drug-likeness (QED) is 0.616. The molecule has 0 unspecified atom stereocenters. The maximum absolute atomic E-state index is 12.5. The van der Waals surface area contributed by atoms with Gasteiger partial charge in [0.2, 0.25) is 5.75 Å². The molecule has 0 saturated heterocycles. The number of hydrogen-bond donors (Lipinski definition) is 0. The molecule has 1 heterocycles. The molecule has 1 amide bonds. The minimum absolute atomic E-state index is 0.0956. The Labute approximate surface area is 144 Å². The van der Waals surface area contributed by atoms with Crippen molar-refractivity contribution in [1.82, 2.24) is 0 Å². The second kappa shape index (κ2) is 7.21. The Bertz CT molecular complexity index is 806. The van der Waals surface area contributed by atoms with Crippen molar-refractivity contribution in [2.45, 2.75) is 12.8 Å². The minimum atomic E-state index is -0.529. The second-order valence-corrected chi connectivity index (χ2v) is 5.66. The second-order valence-electron chi connectivity index (χ2n) is 5.66. The van der Waals surface area contributed by atoms with Gasteiger partial charge in [0.15, 0.2) is 6.61 Å². The highest BCUT2D eigenvalue weighted by Crippen LogP contribution is 2.31. The van der Waals surface area contributed by atoms with Gasteiger partial charge in [-0.25, -0.2) is 0 Å². The Morgan fingerprint density at radius 3 is 2.84 bits per heavy atom. The van der Waals surface area contributed by atoms with Crippen LogP contribution in [0.4, 0.5) is 11.4 Å². The van der Waals surface area contributed by atoms with Crippen molar-refractivity contribution in [3.8, 4) is 11.5 Å². The van der Waals surface area contributed by atoms with E-state index < -0.39 is 4.92 Å². The van der Waals surface area contributed by atoms with Gasteiger partial charge in [0.25, 0.3) is 5.91 Å². The van der Waals surface area contributed by atoms with Crippen LogP contribution in [0.25, 0.3) is 0 Å². The van der Waals surface area contributed by atoms with Crippen LogP contribution in [-0.4, -0.2) is 31.1 Å². The van der Waals surface area contributed by atoms with E-state index in [2.05, 4.69) is 0 Å². The van der Waals surface area contributed by atoms with Crippen LogP contribution in [0.15, 0.2) is 42.5 Å². The summed E-state index contributed by atoms with van der Waals surface area (Å²) < 4.78 is 10.5. The number of methoxy groups -OCH3 is 1. The Hall–Kier alpha value is -3.09. The molecule has 0 radical (unpaired) electrons. The number of anilines is 1. The molecule has 7 nitrogen and oxygen atoms in total. The summed E-state index contributed by atoms with van der Waals surface area (Å²) in [6.07, 6.45) is 1.87. The van der Waals surface area contributed by atoms with Gasteiger partial charge in [0.05, 0.1) is 12.0 Å². The number of amides is 1. The fourth-order valence-corrected chi connectivity index (χ4v) is 2.91. The smallest absolute Gasteiger partial charge is 0.311 e. The van der Waals surface area contributed by atoms with Crippen LogP contribution in [-0.2, 0) is 11.2 Å². The van der Waals surface area contributed by atoms with E-state index in [1.54, 1.807) is 4.90 Å². The minimum Gasteiger partial charge on any atom is -0.490 e. The first kappa shape index (κ1) is 16.8. The third-order valence-electron chi connectivity index (χ3n) is 4.12. The van der Waals surface area contributed by atoms with E-state index in [1.807, 2.05) is 24.3 Å². The van der Waals surface area contributed by atoms with Gasteiger partial charge < -0.3 is 14.4 Å². The number of carbonyl (C=O) groups excluding carboxylic acids is 1. The number of carbonyl (C=O) groups is 1. The maximum atomic E-state index is 12.5. The molecule has 130 valence electrons. The fourth-order valence-electron chi connectivity index (χ4n) is 2.91. The van der Waals surface area contributed by atoms with E-state index in [4.69, 9.17) is 9.47 Å². The summed E-state index contributed by atoms with van der Waals surface area (Å²) in [4.78, 5) is 24.6. The van der Waals surface area contributed by atoms with Gasteiger partial charge >= 0.3 is 5.69 Å². The highest BCUT2D eigenvalue weighted by atomic mass is 16.6. The van der Waals surface area contributed by atoms with Gasteiger partial charge in [-0.15, -0.1) is 0 Å². The van der Waals surface area contributed by atoms with E-state index in [0.29, 0.717) is 12.3 Å². The number of nitro benzene ring substituents is 1. The van der Waals surface area contributed by atoms with E-state index in [-0.39, 0.29) is 24.0 Å². The van der Waals surface area contributed by atoms with E-state index in [1.165, 1.54) is 25.3 Å². The van der Waals surface area contributed by atoms with Crippen molar-refractivity contribution >= 4 is 17.3 Å². The van der Waals surface area contributed by atoms with Crippen LogP contribution < -0.4 is 14.4 Å². The number of fused-ring (bicyclic) bond motifs is 1. The molecule has 3 rings (SSSR count). The first-order valence-electron chi connectivity index (χ1n) is 7.93. The molecule has 0 aromatic heterocycles. The van der Waals surface area contributed by atoms with Crippen molar-refractivity contribution in [2.75, 3.05) is 25.2 Å². The van der Waals surface area contributed by atoms with Crippen molar-refractivity contribution in [3.63, 3.8) is 0 Å². The number of nitrogens with zero attached hydrogens (tertiary/aromatic N) is 2. The van der Waals surface area contributed by atoms with Crippen molar-refractivity contribution in [2.24, 2.45) is 0 Å². The summed E-state index contributed by atoms with van der Waals surface area (Å²) in [5, 5.41) is 10.9. The average molecular weight is 342 g/mol. The molecule has 2 aromatic carbocycles. The largest absolute Gasteiger partial charge is 0.490 e. The van der Waals surface area contributed by atoms with Crippen LogP contribution in [0.1, 0.15) is 12.0 Å². The van der Waals surface area contributed by atoms with Gasteiger partial charge in [0, 0.05) is 24.4 Å². The van der Waals surface area contributed by atoms with Gasteiger partial charge in [0.1, 0.15) is 5.75 Å². The summed E-state index contributed by atoms with van der Waals surface area (Å²) >= 11 is 0. The Morgan fingerprint density at radius 1 is 1.28 bits per heavy atom. The topological polar surface area (TPSA) is 81.9 Å². The molecule has 25 heavy (non-hydrogen) atoms. The summed E-state index contributed by atoms with van der Waals surface area (Å²) in [5.74, 6) is 0.295. The number of rotatable bonds is 5. The van der Waals surface area contributed by atoms with E-state index in [9.17, 15) is 14.9 Å².